The number of nitrogens with one attached hydrogen (secondary N) is 2. The van der Waals surface area contributed by atoms with Gasteiger partial charge >= 0.3 is 5.76 Å². The minimum atomic E-state index is -0.541. The van der Waals surface area contributed by atoms with E-state index in [9.17, 15) is 14.4 Å². The van der Waals surface area contributed by atoms with Crippen LogP contribution in [-0.4, -0.2) is 48.3 Å². The molecule has 4 heterocycles. The first-order valence-corrected chi connectivity index (χ1v) is 10.4. The SMILES string of the molecule is CN(Cc1cccnc1)C(=O)c1cc(C(=O)NCc2ccc3oc(=O)[nH]c3c2)nc2ccnn12. The molecule has 5 aromatic rings. The fraction of sp³-hybridized carbons (Fsp3) is 0.130. The van der Waals surface area contributed by atoms with Crippen LogP contribution in [0.15, 0.2) is 70.3 Å². The summed E-state index contributed by atoms with van der Waals surface area (Å²) in [6.07, 6.45) is 4.87. The number of carbonyl (C=O) groups is 2. The molecule has 5 rings (SSSR count). The summed E-state index contributed by atoms with van der Waals surface area (Å²) in [4.78, 5) is 49.9. The molecule has 2 N–H and O–H groups in total. The van der Waals surface area contributed by atoms with Crippen LogP contribution in [0.1, 0.15) is 32.1 Å². The number of carbonyl (C=O) groups excluding carboxylic acids is 2. The van der Waals surface area contributed by atoms with Crippen molar-refractivity contribution in [2.75, 3.05) is 7.05 Å². The van der Waals surface area contributed by atoms with Gasteiger partial charge in [-0.05, 0) is 29.3 Å². The summed E-state index contributed by atoms with van der Waals surface area (Å²) in [6.45, 7) is 0.538. The van der Waals surface area contributed by atoms with Gasteiger partial charge in [0.05, 0.1) is 11.7 Å². The van der Waals surface area contributed by atoms with Gasteiger partial charge in [-0.3, -0.25) is 19.6 Å². The molecule has 0 radical (unpaired) electrons. The van der Waals surface area contributed by atoms with Gasteiger partial charge in [0.25, 0.3) is 11.8 Å². The van der Waals surface area contributed by atoms with E-state index in [1.807, 2.05) is 6.07 Å². The topological polar surface area (TPSA) is 138 Å². The second-order valence-corrected chi connectivity index (χ2v) is 7.68. The number of rotatable bonds is 6. The van der Waals surface area contributed by atoms with Crippen molar-refractivity contribution < 1.29 is 14.0 Å². The van der Waals surface area contributed by atoms with Crippen molar-refractivity contribution in [2.45, 2.75) is 13.1 Å². The Morgan fingerprint density at radius 3 is 2.85 bits per heavy atom. The number of hydrogen-bond donors (Lipinski definition) is 2. The molecule has 0 unspecified atom stereocenters. The van der Waals surface area contributed by atoms with Crippen molar-refractivity contribution in [3.05, 3.63) is 94.1 Å². The molecular weight excluding hydrogens is 438 g/mol. The molecule has 0 spiro atoms. The van der Waals surface area contributed by atoms with Gasteiger partial charge in [0.15, 0.2) is 11.2 Å². The van der Waals surface area contributed by atoms with E-state index in [0.29, 0.717) is 23.3 Å². The van der Waals surface area contributed by atoms with Gasteiger partial charge in [0.2, 0.25) is 0 Å². The number of H-pyrrole nitrogens is 1. The van der Waals surface area contributed by atoms with Gasteiger partial charge in [0, 0.05) is 44.7 Å². The van der Waals surface area contributed by atoms with Gasteiger partial charge in [-0.15, -0.1) is 0 Å². The van der Waals surface area contributed by atoms with Crippen LogP contribution in [0, 0.1) is 0 Å². The smallest absolute Gasteiger partial charge is 0.408 e. The van der Waals surface area contributed by atoms with Gasteiger partial charge in [-0.25, -0.2) is 14.3 Å². The summed E-state index contributed by atoms with van der Waals surface area (Å²) in [6, 6.07) is 11.8. The zero-order valence-electron chi connectivity index (χ0n) is 18.1. The van der Waals surface area contributed by atoms with Gasteiger partial charge in [-0.2, -0.15) is 5.10 Å². The van der Waals surface area contributed by atoms with Crippen LogP contribution in [0.3, 0.4) is 0 Å². The molecule has 11 nitrogen and oxygen atoms in total. The lowest BCUT2D eigenvalue weighted by Gasteiger charge is -2.18. The first kappa shape index (κ1) is 21.1. The largest absolute Gasteiger partial charge is 0.417 e. The molecule has 34 heavy (non-hydrogen) atoms. The van der Waals surface area contributed by atoms with E-state index in [1.54, 1.807) is 49.8 Å². The number of fused-ring (bicyclic) bond motifs is 2. The molecule has 0 bridgehead atoms. The lowest BCUT2D eigenvalue weighted by Crippen LogP contribution is -2.30. The first-order valence-electron chi connectivity index (χ1n) is 10.4. The highest BCUT2D eigenvalue weighted by molar-refractivity contribution is 5.98. The maximum absolute atomic E-state index is 13.2. The molecule has 170 valence electrons. The molecule has 0 aliphatic carbocycles. The summed E-state index contributed by atoms with van der Waals surface area (Å²) in [7, 11) is 1.67. The van der Waals surface area contributed by atoms with Crippen LogP contribution in [0.4, 0.5) is 0 Å². The average Bonchev–Trinajstić information content (AvgIpc) is 3.47. The third-order valence-corrected chi connectivity index (χ3v) is 5.24. The molecule has 0 aliphatic heterocycles. The Morgan fingerprint density at radius 2 is 2.03 bits per heavy atom. The van der Waals surface area contributed by atoms with Crippen molar-refractivity contribution in [1.82, 2.24) is 34.8 Å². The summed E-state index contributed by atoms with van der Waals surface area (Å²) in [5.74, 6) is -1.31. The molecular formula is C23H19N7O4. The number of hydrogen-bond acceptors (Lipinski definition) is 7. The highest BCUT2D eigenvalue weighted by Gasteiger charge is 2.20. The number of oxazole rings is 1. The summed E-state index contributed by atoms with van der Waals surface area (Å²) in [5, 5.41) is 6.97. The predicted molar refractivity (Wildman–Crippen MR) is 121 cm³/mol. The highest BCUT2D eigenvalue weighted by Crippen LogP contribution is 2.14. The Balaban J connectivity index is 1.37. The lowest BCUT2D eigenvalue weighted by atomic mass is 10.2. The summed E-state index contributed by atoms with van der Waals surface area (Å²) < 4.78 is 6.39. The van der Waals surface area contributed by atoms with Crippen molar-refractivity contribution in [1.29, 1.82) is 0 Å². The molecule has 0 saturated carbocycles. The van der Waals surface area contributed by atoms with Crippen molar-refractivity contribution in [3.63, 3.8) is 0 Å². The Bertz CT molecular complexity index is 1570. The van der Waals surface area contributed by atoms with E-state index in [2.05, 4.69) is 25.4 Å². The van der Waals surface area contributed by atoms with Crippen LogP contribution in [0.2, 0.25) is 0 Å². The van der Waals surface area contributed by atoms with Gasteiger partial charge in [-0.1, -0.05) is 12.1 Å². The fourth-order valence-corrected chi connectivity index (χ4v) is 3.60. The monoisotopic (exact) mass is 457 g/mol. The molecule has 0 fully saturated rings. The van der Waals surface area contributed by atoms with Crippen LogP contribution in [-0.2, 0) is 13.1 Å². The summed E-state index contributed by atoms with van der Waals surface area (Å²) >= 11 is 0. The standard InChI is InChI=1S/C23H19N7O4/c1-29(13-15-3-2-7-24-11-15)22(32)18-10-17(27-20-6-8-26-30(18)20)21(31)25-12-14-4-5-19-16(9-14)28-23(33)34-19/h2-11H,12-13H2,1H3,(H,25,31)(H,28,33). The molecule has 2 amide bonds. The number of aromatic nitrogens is 5. The van der Waals surface area contributed by atoms with Crippen LogP contribution in [0.5, 0.6) is 0 Å². The normalized spacial score (nSPS) is 11.1. The fourth-order valence-electron chi connectivity index (χ4n) is 3.60. The minimum absolute atomic E-state index is 0.0870. The van der Waals surface area contributed by atoms with E-state index >= 15 is 0 Å². The van der Waals surface area contributed by atoms with E-state index < -0.39 is 11.7 Å². The Morgan fingerprint density at radius 1 is 1.15 bits per heavy atom. The van der Waals surface area contributed by atoms with E-state index in [1.165, 1.54) is 21.7 Å². The van der Waals surface area contributed by atoms with Crippen LogP contribution >= 0.6 is 0 Å². The Labute approximate surface area is 192 Å². The second-order valence-electron chi connectivity index (χ2n) is 7.68. The Kier molecular flexibility index (Phi) is 5.34. The molecule has 0 aliphatic rings. The third-order valence-electron chi connectivity index (χ3n) is 5.24. The predicted octanol–water partition coefficient (Wildman–Crippen LogP) is 1.76. The van der Waals surface area contributed by atoms with Gasteiger partial charge < -0.3 is 14.6 Å². The van der Waals surface area contributed by atoms with Crippen molar-refractivity contribution >= 4 is 28.6 Å². The number of amides is 2. The van der Waals surface area contributed by atoms with E-state index in [-0.39, 0.29) is 23.8 Å². The lowest BCUT2D eigenvalue weighted by molar-refractivity contribution is 0.0776. The van der Waals surface area contributed by atoms with Crippen molar-refractivity contribution in [3.8, 4) is 0 Å². The molecule has 0 atom stereocenters. The first-order chi connectivity index (χ1) is 16.5. The maximum atomic E-state index is 13.2. The van der Waals surface area contributed by atoms with Crippen molar-refractivity contribution in [2.24, 2.45) is 0 Å². The van der Waals surface area contributed by atoms with Crippen LogP contribution < -0.4 is 11.1 Å². The van der Waals surface area contributed by atoms with Crippen LogP contribution in [0.25, 0.3) is 16.7 Å². The zero-order chi connectivity index (χ0) is 23.7. The molecule has 0 saturated heterocycles. The molecule has 11 heteroatoms. The Hall–Kier alpha value is -4.80. The number of benzene rings is 1. The quantitative estimate of drug-likeness (QED) is 0.396. The highest BCUT2D eigenvalue weighted by atomic mass is 16.4. The third kappa shape index (κ3) is 4.13. The van der Waals surface area contributed by atoms with E-state index in [4.69, 9.17) is 4.42 Å². The molecule has 4 aromatic heterocycles. The second kappa shape index (κ2) is 8.62. The molecule has 1 aromatic carbocycles. The summed E-state index contributed by atoms with van der Waals surface area (Å²) in [5.41, 5.74) is 3.29. The number of nitrogens with zero attached hydrogens (tertiary/aromatic N) is 5. The van der Waals surface area contributed by atoms with Gasteiger partial charge in [0.1, 0.15) is 11.4 Å². The average molecular weight is 457 g/mol. The minimum Gasteiger partial charge on any atom is -0.408 e. The number of aromatic amines is 1. The maximum Gasteiger partial charge on any atom is 0.417 e. The van der Waals surface area contributed by atoms with E-state index in [0.717, 1.165) is 11.1 Å². The zero-order valence-corrected chi connectivity index (χ0v) is 18.1. The number of pyridine rings is 1.